The van der Waals surface area contributed by atoms with Gasteiger partial charge in [-0.1, -0.05) is 0 Å². The van der Waals surface area contributed by atoms with Gasteiger partial charge in [-0.3, -0.25) is 14.8 Å². The molecule has 0 atom stereocenters. The van der Waals surface area contributed by atoms with E-state index in [2.05, 4.69) is 30.4 Å². The van der Waals surface area contributed by atoms with Gasteiger partial charge >= 0.3 is 0 Å². The highest BCUT2D eigenvalue weighted by Crippen LogP contribution is 2.15. The molecule has 0 fully saturated rings. The van der Waals surface area contributed by atoms with E-state index in [1.165, 1.54) is 23.5 Å². The van der Waals surface area contributed by atoms with Gasteiger partial charge < -0.3 is 0 Å². The van der Waals surface area contributed by atoms with Gasteiger partial charge in [0, 0.05) is 24.8 Å². The number of hydrogen-bond acceptors (Lipinski definition) is 7. The van der Waals surface area contributed by atoms with Crippen LogP contribution in [0.3, 0.4) is 0 Å². The van der Waals surface area contributed by atoms with Crippen molar-refractivity contribution in [1.82, 2.24) is 30.4 Å². The smallest absolute Gasteiger partial charge is 0.262 e. The Morgan fingerprint density at radius 1 is 1.25 bits per heavy atom. The lowest BCUT2D eigenvalue weighted by molar-refractivity contribution is 0.0983. The van der Waals surface area contributed by atoms with Crippen molar-refractivity contribution in [3.63, 3.8) is 0 Å². The molecule has 0 unspecified atom stereocenters. The number of aromatic amines is 1. The van der Waals surface area contributed by atoms with Crippen molar-refractivity contribution in [1.29, 1.82) is 5.26 Å². The first kappa shape index (κ1) is 15.2. The SMILES string of the molecule is N#CCc1ncc(C(=O)N(Cc2ccn[nH]2)c2cccnn2)cn1. The van der Waals surface area contributed by atoms with Crippen molar-refractivity contribution in [2.24, 2.45) is 0 Å². The number of hydrogen-bond donors (Lipinski definition) is 1. The number of nitrogens with one attached hydrogen (secondary N) is 1. The predicted molar refractivity (Wildman–Crippen MR) is 82.5 cm³/mol. The lowest BCUT2D eigenvalue weighted by Gasteiger charge is -2.20. The zero-order chi connectivity index (χ0) is 16.8. The normalized spacial score (nSPS) is 10.1. The first-order valence-electron chi connectivity index (χ1n) is 7.03. The monoisotopic (exact) mass is 320 g/mol. The number of carbonyl (C=O) groups excluding carboxylic acids is 1. The molecule has 0 aromatic carbocycles. The van der Waals surface area contributed by atoms with Crippen LogP contribution in [-0.4, -0.2) is 36.3 Å². The molecule has 1 N–H and O–H groups in total. The molecular weight excluding hydrogens is 308 g/mol. The highest BCUT2D eigenvalue weighted by Gasteiger charge is 2.21. The standard InChI is InChI=1S/C15H12N8O/c16-5-3-13-17-8-11(9-18-13)15(24)23(10-12-4-7-20-21-12)14-2-1-6-19-22-14/h1-2,4,6-9H,3,10H2,(H,20,21). The second-order valence-corrected chi connectivity index (χ2v) is 4.78. The van der Waals surface area contributed by atoms with Crippen LogP contribution in [0.5, 0.6) is 0 Å². The third-order valence-corrected chi connectivity index (χ3v) is 3.16. The van der Waals surface area contributed by atoms with Crippen LogP contribution in [0.15, 0.2) is 43.0 Å². The lowest BCUT2D eigenvalue weighted by Crippen LogP contribution is -2.31. The predicted octanol–water partition coefficient (Wildman–Crippen LogP) is 0.903. The number of aromatic nitrogens is 6. The van der Waals surface area contributed by atoms with E-state index in [0.29, 0.717) is 17.2 Å². The molecule has 24 heavy (non-hydrogen) atoms. The molecule has 0 saturated heterocycles. The van der Waals surface area contributed by atoms with Crippen LogP contribution >= 0.6 is 0 Å². The molecule has 0 bridgehead atoms. The fourth-order valence-electron chi connectivity index (χ4n) is 2.02. The Kier molecular flexibility index (Phi) is 4.48. The fraction of sp³-hybridized carbons (Fsp3) is 0.133. The number of nitriles is 1. The number of nitrogens with zero attached hydrogens (tertiary/aromatic N) is 7. The molecule has 3 aromatic heterocycles. The molecule has 3 heterocycles. The summed E-state index contributed by atoms with van der Waals surface area (Å²) in [7, 11) is 0. The van der Waals surface area contributed by atoms with E-state index in [1.54, 1.807) is 24.4 Å². The van der Waals surface area contributed by atoms with Crippen molar-refractivity contribution in [3.8, 4) is 6.07 Å². The van der Waals surface area contributed by atoms with Crippen LogP contribution in [-0.2, 0) is 13.0 Å². The molecule has 0 radical (unpaired) electrons. The first-order chi connectivity index (χ1) is 11.8. The minimum Gasteiger partial charge on any atom is -0.285 e. The summed E-state index contributed by atoms with van der Waals surface area (Å²) in [6, 6.07) is 7.11. The van der Waals surface area contributed by atoms with E-state index >= 15 is 0 Å². The van der Waals surface area contributed by atoms with Gasteiger partial charge in [0.05, 0.1) is 30.3 Å². The highest BCUT2D eigenvalue weighted by molar-refractivity contribution is 6.05. The van der Waals surface area contributed by atoms with Gasteiger partial charge in [-0.05, 0) is 18.2 Å². The zero-order valence-electron chi connectivity index (χ0n) is 12.5. The molecule has 9 heteroatoms. The van der Waals surface area contributed by atoms with Gasteiger partial charge in [-0.2, -0.15) is 15.5 Å². The van der Waals surface area contributed by atoms with Crippen LogP contribution in [0.4, 0.5) is 5.82 Å². The number of H-pyrrole nitrogens is 1. The Bertz CT molecular complexity index is 839. The summed E-state index contributed by atoms with van der Waals surface area (Å²) in [4.78, 5) is 22.3. The molecule has 0 aliphatic carbocycles. The molecule has 9 nitrogen and oxygen atoms in total. The summed E-state index contributed by atoms with van der Waals surface area (Å²) in [5.74, 6) is 0.445. The maximum Gasteiger partial charge on any atom is 0.262 e. The van der Waals surface area contributed by atoms with Crippen molar-refractivity contribution >= 4 is 11.7 Å². The molecule has 0 aliphatic heterocycles. The minimum atomic E-state index is -0.325. The third-order valence-electron chi connectivity index (χ3n) is 3.16. The Labute approximate surface area is 137 Å². The third kappa shape index (κ3) is 3.38. The van der Waals surface area contributed by atoms with Gasteiger partial charge in [0.25, 0.3) is 5.91 Å². The van der Waals surface area contributed by atoms with E-state index in [1.807, 2.05) is 6.07 Å². The topological polar surface area (TPSA) is 124 Å². The van der Waals surface area contributed by atoms with E-state index in [4.69, 9.17) is 5.26 Å². The Morgan fingerprint density at radius 3 is 2.71 bits per heavy atom. The second kappa shape index (κ2) is 7.06. The van der Waals surface area contributed by atoms with E-state index in [-0.39, 0.29) is 18.9 Å². The lowest BCUT2D eigenvalue weighted by atomic mass is 10.2. The molecule has 1 amide bonds. The molecular formula is C15H12N8O. The Morgan fingerprint density at radius 2 is 2.08 bits per heavy atom. The maximum atomic E-state index is 12.8. The van der Waals surface area contributed by atoms with Crippen LogP contribution in [0.25, 0.3) is 0 Å². The summed E-state index contributed by atoms with van der Waals surface area (Å²) in [6.45, 7) is 0.247. The highest BCUT2D eigenvalue weighted by atomic mass is 16.2. The first-order valence-corrected chi connectivity index (χ1v) is 7.03. The van der Waals surface area contributed by atoms with Crippen LogP contribution in [0.2, 0.25) is 0 Å². The Balaban J connectivity index is 1.89. The van der Waals surface area contributed by atoms with Gasteiger partial charge in [0.2, 0.25) is 0 Å². The molecule has 0 spiro atoms. The Hall–Kier alpha value is -3.67. The van der Waals surface area contributed by atoms with E-state index < -0.39 is 0 Å². The van der Waals surface area contributed by atoms with Crippen LogP contribution in [0, 0.1) is 11.3 Å². The van der Waals surface area contributed by atoms with Crippen molar-refractivity contribution in [2.75, 3.05) is 4.90 Å². The molecule has 3 rings (SSSR count). The molecule has 118 valence electrons. The summed E-state index contributed by atoms with van der Waals surface area (Å²) < 4.78 is 0. The molecule has 0 aliphatic rings. The van der Waals surface area contributed by atoms with E-state index in [9.17, 15) is 4.79 Å². The second-order valence-electron chi connectivity index (χ2n) is 4.78. The number of rotatable bonds is 5. The maximum absolute atomic E-state index is 12.8. The quantitative estimate of drug-likeness (QED) is 0.740. The van der Waals surface area contributed by atoms with Gasteiger partial charge in [0.15, 0.2) is 5.82 Å². The molecule has 3 aromatic rings. The largest absolute Gasteiger partial charge is 0.285 e. The summed E-state index contributed by atoms with van der Waals surface area (Å²) in [5.41, 5.74) is 1.04. The number of amides is 1. The summed E-state index contributed by atoms with van der Waals surface area (Å²) in [5, 5.41) is 23.1. The van der Waals surface area contributed by atoms with E-state index in [0.717, 1.165) is 5.69 Å². The van der Waals surface area contributed by atoms with Gasteiger partial charge in [0.1, 0.15) is 5.82 Å². The van der Waals surface area contributed by atoms with Crippen molar-refractivity contribution in [2.45, 2.75) is 13.0 Å². The van der Waals surface area contributed by atoms with Crippen LogP contribution < -0.4 is 4.90 Å². The zero-order valence-corrected chi connectivity index (χ0v) is 12.5. The molecule has 0 saturated carbocycles. The summed E-state index contributed by atoms with van der Waals surface area (Å²) in [6.07, 6.45) is 6.03. The number of anilines is 1. The van der Waals surface area contributed by atoms with Gasteiger partial charge in [-0.25, -0.2) is 9.97 Å². The fourth-order valence-corrected chi connectivity index (χ4v) is 2.02. The van der Waals surface area contributed by atoms with Gasteiger partial charge in [-0.15, -0.1) is 5.10 Å². The van der Waals surface area contributed by atoms with Crippen molar-refractivity contribution < 1.29 is 4.79 Å². The average molecular weight is 320 g/mol. The number of carbonyl (C=O) groups is 1. The van der Waals surface area contributed by atoms with Crippen molar-refractivity contribution in [3.05, 3.63) is 60.1 Å². The van der Waals surface area contributed by atoms with Crippen LogP contribution in [0.1, 0.15) is 21.9 Å². The summed E-state index contributed by atoms with van der Waals surface area (Å²) >= 11 is 0. The average Bonchev–Trinajstić information content (AvgIpc) is 3.14. The minimum absolute atomic E-state index is 0.0937.